The Balaban J connectivity index is 1.77. The number of rotatable bonds is 3. The van der Waals surface area contributed by atoms with Gasteiger partial charge in [-0.15, -0.1) is 0 Å². The second kappa shape index (κ2) is 6.07. The first-order chi connectivity index (χ1) is 11.7. The summed E-state index contributed by atoms with van der Waals surface area (Å²) in [5.41, 5.74) is 2.90. The summed E-state index contributed by atoms with van der Waals surface area (Å²) >= 11 is 6.42. The number of hydrogen-bond acceptors (Lipinski definition) is 4. The number of halogens is 1. The zero-order valence-electron chi connectivity index (χ0n) is 13.5. The van der Waals surface area contributed by atoms with Gasteiger partial charge in [0.15, 0.2) is 0 Å². The van der Waals surface area contributed by atoms with Gasteiger partial charge in [-0.3, -0.25) is 0 Å². The molecule has 5 nitrogen and oxygen atoms in total. The highest BCUT2D eigenvalue weighted by Gasteiger charge is 2.24. The molecule has 1 saturated heterocycles. The molecular formula is C18H19ClN4O. The second-order valence-electron chi connectivity index (χ2n) is 6.29. The van der Waals surface area contributed by atoms with Crippen LogP contribution in [0.15, 0.2) is 36.5 Å². The lowest BCUT2D eigenvalue weighted by Crippen LogP contribution is -2.21. The summed E-state index contributed by atoms with van der Waals surface area (Å²) in [6.45, 7) is 1.96. The van der Waals surface area contributed by atoms with Crippen molar-refractivity contribution in [3.05, 3.63) is 41.6 Å². The average molecular weight is 343 g/mol. The number of imidazole rings is 1. The van der Waals surface area contributed by atoms with E-state index in [1.165, 1.54) is 0 Å². The summed E-state index contributed by atoms with van der Waals surface area (Å²) in [7, 11) is 2.00. The van der Waals surface area contributed by atoms with Gasteiger partial charge in [0.1, 0.15) is 11.6 Å². The molecule has 0 radical (unpaired) electrons. The molecule has 3 aromatic rings. The van der Waals surface area contributed by atoms with Crippen molar-refractivity contribution in [3.63, 3.8) is 0 Å². The quantitative estimate of drug-likeness (QED) is 0.794. The largest absolute Gasteiger partial charge is 0.396 e. The minimum absolute atomic E-state index is 0.224. The first kappa shape index (κ1) is 15.4. The Morgan fingerprint density at radius 2 is 2.17 bits per heavy atom. The standard InChI is InChI=1S/C18H19ClN4O/c1-22-16-5-3-2-4-15(16)21-18(22)13-8-17(20-9-14(13)19)23-7-6-12(10-23)11-24/h2-5,8-9,12,24H,6-7,10-11H2,1H3. The number of nitrogens with zero attached hydrogens (tertiary/aromatic N) is 4. The Morgan fingerprint density at radius 1 is 1.33 bits per heavy atom. The number of hydrogen-bond donors (Lipinski definition) is 1. The Hall–Kier alpha value is -2.11. The van der Waals surface area contributed by atoms with Crippen molar-refractivity contribution in [2.24, 2.45) is 13.0 Å². The fourth-order valence-electron chi connectivity index (χ4n) is 3.35. The van der Waals surface area contributed by atoms with Gasteiger partial charge in [-0.2, -0.15) is 0 Å². The molecule has 1 unspecified atom stereocenters. The van der Waals surface area contributed by atoms with Gasteiger partial charge in [0.2, 0.25) is 0 Å². The third kappa shape index (κ3) is 2.54. The highest BCUT2D eigenvalue weighted by molar-refractivity contribution is 6.33. The molecule has 6 heteroatoms. The Labute approximate surface area is 145 Å². The van der Waals surface area contributed by atoms with Gasteiger partial charge in [0, 0.05) is 44.4 Å². The molecule has 1 N–H and O–H groups in total. The molecule has 1 aromatic carbocycles. The molecule has 1 aliphatic rings. The Morgan fingerprint density at radius 3 is 2.92 bits per heavy atom. The Bertz CT molecular complexity index is 892. The first-order valence-corrected chi connectivity index (χ1v) is 8.48. The van der Waals surface area contributed by atoms with Crippen LogP contribution in [0.2, 0.25) is 5.02 Å². The fourth-order valence-corrected chi connectivity index (χ4v) is 3.54. The monoisotopic (exact) mass is 342 g/mol. The zero-order chi connectivity index (χ0) is 16.7. The third-order valence-corrected chi connectivity index (χ3v) is 5.04. The number of fused-ring (bicyclic) bond motifs is 1. The molecule has 124 valence electrons. The van der Waals surface area contributed by atoms with E-state index in [0.29, 0.717) is 10.9 Å². The Kier molecular flexibility index (Phi) is 3.90. The molecule has 1 fully saturated rings. The van der Waals surface area contributed by atoms with E-state index in [2.05, 4.69) is 14.5 Å². The van der Waals surface area contributed by atoms with Gasteiger partial charge in [-0.05, 0) is 24.6 Å². The van der Waals surface area contributed by atoms with Crippen molar-refractivity contribution in [1.82, 2.24) is 14.5 Å². The maximum absolute atomic E-state index is 9.34. The van der Waals surface area contributed by atoms with Crippen molar-refractivity contribution < 1.29 is 5.11 Å². The summed E-state index contributed by atoms with van der Waals surface area (Å²) < 4.78 is 2.06. The van der Waals surface area contributed by atoms with Gasteiger partial charge in [-0.1, -0.05) is 23.7 Å². The molecule has 0 amide bonds. The first-order valence-electron chi connectivity index (χ1n) is 8.10. The second-order valence-corrected chi connectivity index (χ2v) is 6.70. The lowest BCUT2D eigenvalue weighted by molar-refractivity contribution is 0.238. The van der Waals surface area contributed by atoms with Crippen LogP contribution in [-0.4, -0.2) is 39.3 Å². The number of aliphatic hydroxyl groups excluding tert-OH is 1. The van der Waals surface area contributed by atoms with E-state index in [4.69, 9.17) is 16.6 Å². The molecule has 1 aliphatic heterocycles. The molecule has 3 heterocycles. The molecule has 0 aliphatic carbocycles. The molecule has 0 bridgehead atoms. The number of aliphatic hydroxyl groups is 1. The van der Waals surface area contributed by atoms with E-state index >= 15 is 0 Å². The van der Waals surface area contributed by atoms with Crippen molar-refractivity contribution in [2.75, 3.05) is 24.6 Å². The smallest absolute Gasteiger partial charge is 0.142 e. The van der Waals surface area contributed by atoms with E-state index in [1.54, 1.807) is 6.20 Å². The minimum atomic E-state index is 0.224. The van der Waals surface area contributed by atoms with Gasteiger partial charge in [0.25, 0.3) is 0 Å². The predicted molar refractivity (Wildman–Crippen MR) is 96.4 cm³/mol. The van der Waals surface area contributed by atoms with Crippen molar-refractivity contribution in [3.8, 4) is 11.4 Å². The van der Waals surface area contributed by atoms with Gasteiger partial charge >= 0.3 is 0 Å². The molecule has 2 aromatic heterocycles. The van der Waals surface area contributed by atoms with Crippen LogP contribution in [0.4, 0.5) is 5.82 Å². The highest BCUT2D eigenvalue weighted by atomic mass is 35.5. The zero-order valence-corrected chi connectivity index (χ0v) is 14.2. The number of pyridine rings is 1. The number of anilines is 1. The summed E-state index contributed by atoms with van der Waals surface area (Å²) in [4.78, 5) is 11.4. The van der Waals surface area contributed by atoms with Crippen LogP contribution in [0.3, 0.4) is 0 Å². The highest BCUT2D eigenvalue weighted by Crippen LogP contribution is 2.33. The molecular weight excluding hydrogens is 324 g/mol. The van der Waals surface area contributed by atoms with Crippen LogP contribution in [0.1, 0.15) is 6.42 Å². The lowest BCUT2D eigenvalue weighted by Gasteiger charge is -2.18. The summed E-state index contributed by atoms with van der Waals surface area (Å²) in [6.07, 6.45) is 2.68. The number of aryl methyl sites for hydroxylation is 1. The lowest BCUT2D eigenvalue weighted by atomic mass is 10.1. The van der Waals surface area contributed by atoms with Crippen LogP contribution in [0, 0.1) is 5.92 Å². The predicted octanol–water partition coefficient (Wildman–Crippen LogP) is 3.11. The maximum atomic E-state index is 9.34. The SMILES string of the molecule is Cn1c(-c2cc(N3CCC(CO)C3)ncc2Cl)nc2ccccc21. The van der Waals surface area contributed by atoms with Crippen LogP contribution in [0.5, 0.6) is 0 Å². The van der Waals surface area contributed by atoms with Crippen molar-refractivity contribution in [1.29, 1.82) is 0 Å². The van der Waals surface area contributed by atoms with E-state index in [0.717, 1.165) is 47.7 Å². The van der Waals surface area contributed by atoms with Gasteiger partial charge in [-0.25, -0.2) is 9.97 Å². The summed E-state index contributed by atoms with van der Waals surface area (Å²) in [5.74, 6) is 2.04. The molecule has 0 saturated carbocycles. The maximum Gasteiger partial charge on any atom is 0.142 e. The van der Waals surface area contributed by atoms with Crippen LogP contribution in [0.25, 0.3) is 22.4 Å². The number of benzene rings is 1. The molecule has 4 rings (SSSR count). The van der Waals surface area contributed by atoms with Gasteiger partial charge < -0.3 is 14.6 Å². The minimum Gasteiger partial charge on any atom is -0.396 e. The molecule has 24 heavy (non-hydrogen) atoms. The summed E-state index contributed by atoms with van der Waals surface area (Å²) in [6, 6.07) is 10.0. The topological polar surface area (TPSA) is 54.2 Å². The van der Waals surface area contributed by atoms with Gasteiger partial charge in [0.05, 0.1) is 16.1 Å². The van der Waals surface area contributed by atoms with E-state index in [9.17, 15) is 5.11 Å². The fraction of sp³-hybridized carbons (Fsp3) is 0.333. The van der Waals surface area contributed by atoms with Crippen LogP contribution in [-0.2, 0) is 7.05 Å². The van der Waals surface area contributed by atoms with E-state index in [-0.39, 0.29) is 6.61 Å². The third-order valence-electron chi connectivity index (χ3n) is 4.74. The van der Waals surface area contributed by atoms with Crippen molar-refractivity contribution in [2.45, 2.75) is 6.42 Å². The van der Waals surface area contributed by atoms with E-state index < -0.39 is 0 Å². The number of aromatic nitrogens is 3. The summed E-state index contributed by atoms with van der Waals surface area (Å²) in [5, 5.41) is 9.94. The molecule has 1 atom stereocenters. The average Bonchev–Trinajstić information content (AvgIpc) is 3.21. The van der Waals surface area contributed by atoms with Crippen LogP contribution >= 0.6 is 11.6 Å². The van der Waals surface area contributed by atoms with Crippen LogP contribution < -0.4 is 4.90 Å². The normalized spacial score (nSPS) is 17.8. The number of para-hydroxylation sites is 2. The molecule has 0 spiro atoms. The van der Waals surface area contributed by atoms with E-state index in [1.807, 2.05) is 37.4 Å². The van der Waals surface area contributed by atoms with Crippen molar-refractivity contribution >= 4 is 28.5 Å².